The van der Waals surface area contributed by atoms with Crippen molar-refractivity contribution in [3.05, 3.63) is 0 Å². The van der Waals surface area contributed by atoms with E-state index >= 15 is 0 Å². The van der Waals surface area contributed by atoms with Crippen molar-refractivity contribution in [3.63, 3.8) is 0 Å². The first-order valence-corrected chi connectivity index (χ1v) is 5.83. The molecule has 0 aromatic heterocycles. The highest BCUT2D eigenvalue weighted by Crippen LogP contribution is 2.06. The Bertz CT molecular complexity index is 124. The molecule has 1 fully saturated rings. The van der Waals surface area contributed by atoms with Crippen LogP contribution in [0.5, 0.6) is 0 Å². The Morgan fingerprint density at radius 3 is 2.54 bits per heavy atom. The second-order valence-electron chi connectivity index (χ2n) is 3.89. The largest absolute Gasteiger partial charge is 0.305 e. The predicted molar refractivity (Wildman–Crippen MR) is 58.5 cm³/mol. The van der Waals surface area contributed by atoms with Gasteiger partial charge in [0.1, 0.15) is 0 Å². The fourth-order valence-corrected chi connectivity index (χ4v) is 1.88. The fraction of sp³-hybridized carbons (Fsp3) is 1.00. The molecule has 3 heteroatoms. The molecule has 78 valence electrons. The maximum absolute atomic E-state index is 5.64. The van der Waals surface area contributed by atoms with Gasteiger partial charge in [0, 0.05) is 19.0 Å². The van der Waals surface area contributed by atoms with E-state index in [0.717, 1.165) is 18.8 Å². The average Bonchev–Trinajstić information content (AvgIpc) is 2.64. The quantitative estimate of drug-likeness (QED) is 0.608. The smallest absolute Gasteiger partial charge is 0.0235 e. The zero-order valence-corrected chi connectivity index (χ0v) is 9.39. The normalized spacial score (nSPS) is 18.7. The minimum atomic E-state index is 0.786. The fourth-order valence-electron chi connectivity index (χ4n) is 1.76. The number of likely N-dealkylation sites (N-methyl/N-ethyl adjacent to an activating group) is 1. The van der Waals surface area contributed by atoms with Gasteiger partial charge in [-0.1, -0.05) is 0 Å². The first-order valence-electron chi connectivity index (χ1n) is 5.30. The number of likely N-dealkylation sites (tertiary alicyclic amines) is 1. The van der Waals surface area contributed by atoms with Crippen LogP contribution in [0.15, 0.2) is 0 Å². The van der Waals surface area contributed by atoms with Gasteiger partial charge in [0.25, 0.3) is 0 Å². The molecule has 0 bridgehead atoms. The number of hydrogen-bond donors (Lipinski definition) is 0. The van der Waals surface area contributed by atoms with Gasteiger partial charge in [-0.05, 0) is 45.9 Å². The molecule has 0 radical (unpaired) electrons. The van der Waals surface area contributed by atoms with Gasteiger partial charge in [0.05, 0.1) is 0 Å². The van der Waals surface area contributed by atoms with Crippen molar-refractivity contribution in [2.24, 2.45) is 0 Å². The van der Waals surface area contributed by atoms with Gasteiger partial charge in [0.15, 0.2) is 0 Å². The van der Waals surface area contributed by atoms with Gasteiger partial charge in [-0.25, -0.2) is 0 Å². The van der Waals surface area contributed by atoms with Crippen LogP contribution in [0.2, 0.25) is 0 Å². The lowest BCUT2D eigenvalue weighted by atomic mass is 10.4. The van der Waals surface area contributed by atoms with E-state index in [0.29, 0.717) is 0 Å². The number of nitrogens with zero attached hydrogens (tertiary/aromatic N) is 2. The van der Waals surface area contributed by atoms with E-state index in [2.05, 4.69) is 16.8 Å². The van der Waals surface area contributed by atoms with Crippen LogP contribution >= 0.6 is 11.6 Å². The molecule has 0 amide bonds. The molecular formula is C10H21ClN2. The summed E-state index contributed by atoms with van der Waals surface area (Å²) in [6.07, 6.45) is 3.90. The van der Waals surface area contributed by atoms with Crippen LogP contribution in [-0.2, 0) is 0 Å². The Morgan fingerprint density at radius 2 is 1.92 bits per heavy atom. The van der Waals surface area contributed by atoms with Crippen LogP contribution in [0.3, 0.4) is 0 Å². The van der Waals surface area contributed by atoms with E-state index in [9.17, 15) is 0 Å². The molecule has 1 heterocycles. The summed E-state index contributed by atoms with van der Waals surface area (Å²) in [7, 11) is 2.18. The molecule has 0 atom stereocenters. The van der Waals surface area contributed by atoms with Crippen molar-refractivity contribution in [2.75, 3.05) is 45.7 Å². The van der Waals surface area contributed by atoms with Crippen molar-refractivity contribution in [1.82, 2.24) is 9.80 Å². The van der Waals surface area contributed by atoms with Crippen LogP contribution in [0.4, 0.5) is 0 Å². The van der Waals surface area contributed by atoms with Crippen LogP contribution in [0.1, 0.15) is 19.3 Å². The Morgan fingerprint density at radius 1 is 1.23 bits per heavy atom. The van der Waals surface area contributed by atoms with E-state index in [-0.39, 0.29) is 0 Å². The third-order valence-electron chi connectivity index (χ3n) is 2.67. The van der Waals surface area contributed by atoms with Crippen molar-refractivity contribution in [3.8, 4) is 0 Å². The highest BCUT2D eigenvalue weighted by Gasteiger charge is 2.11. The lowest BCUT2D eigenvalue weighted by Gasteiger charge is -2.20. The predicted octanol–water partition coefficient (Wildman–Crippen LogP) is 1.64. The van der Waals surface area contributed by atoms with E-state index in [1.54, 1.807) is 0 Å². The highest BCUT2D eigenvalue weighted by molar-refractivity contribution is 6.17. The highest BCUT2D eigenvalue weighted by atomic mass is 35.5. The van der Waals surface area contributed by atoms with E-state index in [1.807, 2.05) is 0 Å². The van der Waals surface area contributed by atoms with Crippen molar-refractivity contribution in [2.45, 2.75) is 19.3 Å². The molecule has 0 saturated carbocycles. The molecule has 0 unspecified atom stereocenters. The molecule has 1 aliphatic heterocycles. The molecule has 0 aliphatic carbocycles. The summed E-state index contributed by atoms with van der Waals surface area (Å²) in [6, 6.07) is 0. The molecule has 13 heavy (non-hydrogen) atoms. The SMILES string of the molecule is CN(CCCCl)CCN1CCCC1. The topological polar surface area (TPSA) is 6.48 Å². The lowest BCUT2D eigenvalue weighted by molar-refractivity contribution is 0.258. The van der Waals surface area contributed by atoms with Crippen LogP contribution in [0, 0.1) is 0 Å². The van der Waals surface area contributed by atoms with Crippen LogP contribution < -0.4 is 0 Å². The summed E-state index contributed by atoms with van der Waals surface area (Å²) < 4.78 is 0. The van der Waals surface area contributed by atoms with Crippen molar-refractivity contribution in [1.29, 1.82) is 0 Å². The first-order chi connectivity index (χ1) is 6.33. The molecule has 0 aromatic carbocycles. The van der Waals surface area contributed by atoms with Crippen molar-refractivity contribution >= 4 is 11.6 Å². The number of hydrogen-bond acceptors (Lipinski definition) is 2. The zero-order chi connectivity index (χ0) is 9.52. The third kappa shape index (κ3) is 4.84. The van der Waals surface area contributed by atoms with Gasteiger partial charge < -0.3 is 9.80 Å². The van der Waals surface area contributed by atoms with Gasteiger partial charge in [-0.2, -0.15) is 0 Å². The molecule has 2 nitrogen and oxygen atoms in total. The minimum Gasteiger partial charge on any atom is -0.305 e. The summed E-state index contributed by atoms with van der Waals surface area (Å²) >= 11 is 5.64. The number of alkyl halides is 1. The molecule has 1 saturated heterocycles. The Labute approximate surface area is 86.8 Å². The van der Waals surface area contributed by atoms with Gasteiger partial charge in [-0.3, -0.25) is 0 Å². The third-order valence-corrected chi connectivity index (χ3v) is 2.94. The summed E-state index contributed by atoms with van der Waals surface area (Å²) in [4.78, 5) is 4.93. The molecule has 1 rings (SSSR count). The molecular weight excluding hydrogens is 184 g/mol. The van der Waals surface area contributed by atoms with Gasteiger partial charge >= 0.3 is 0 Å². The number of halogens is 1. The lowest BCUT2D eigenvalue weighted by Crippen LogP contribution is -2.32. The minimum absolute atomic E-state index is 0.786. The Balaban J connectivity index is 1.97. The zero-order valence-electron chi connectivity index (χ0n) is 8.64. The van der Waals surface area contributed by atoms with E-state index in [1.165, 1.54) is 39.0 Å². The second-order valence-corrected chi connectivity index (χ2v) is 4.27. The van der Waals surface area contributed by atoms with Crippen LogP contribution in [0.25, 0.3) is 0 Å². The molecule has 0 N–H and O–H groups in total. The standard InChI is InChI=1S/C10H21ClN2/c1-12(6-4-5-11)9-10-13-7-2-3-8-13/h2-10H2,1H3. The summed E-state index contributed by atoms with van der Waals surface area (Å²) in [5, 5.41) is 0. The number of rotatable bonds is 6. The van der Waals surface area contributed by atoms with Crippen molar-refractivity contribution < 1.29 is 0 Å². The van der Waals surface area contributed by atoms with E-state index in [4.69, 9.17) is 11.6 Å². The maximum Gasteiger partial charge on any atom is 0.0235 e. The van der Waals surface area contributed by atoms with Gasteiger partial charge in [-0.15, -0.1) is 11.6 Å². The summed E-state index contributed by atoms with van der Waals surface area (Å²) in [5.41, 5.74) is 0. The Kier molecular flexibility index (Phi) is 5.76. The molecule has 1 aliphatic rings. The Hall–Kier alpha value is 0.210. The molecule has 0 aromatic rings. The summed E-state index contributed by atoms with van der Waals surface area (Å²) in [5.74, 6) is 0.786. The molecule has 0 spiro atoms. The van der Waals surface area contributed by atoms with E-state index < -0.39 is 0 Å². The average molecular weight is 205 g/mol. The second kappa shape index (κ2) is 6.63. The summed E-state index contributed by atoms with van der Waals surface area (Å²) in [6.45, 7) is 6.18. The first kappa shape index (κ1) is 11.3. The van der Waals surface area contributed by atoms with Crippen LogP contribution in [-0.4, -0.2) is 55.5 Å². The maximum atomic E-state index is 5.64. The monoisotopic (exact) mass is 204 g/mol. The van der Waals surface area contributed by atoms with Gasteiger partial charge in [0.2, 0.25) is 0 Å².